The molecular formula is C13H14ClN3O3. The number of nitrogens with two attached hydrogens (primary N) is 1. The molecule has 1 aromatic heterocycles. The number of anilines is 1. The minimum Gasteiger partial charge on any atom is -0.493 e. The summed E-state index contributed by atoms with van der Waals surface area (Å²) in [5, 5.41) is 4.78. The van der Waals surface area contributed by atoms with Crippen LogP contribution < -0.4 is 19.9 Å². The summed E-state index contributed by atoms with van der Waals surface area (Å²) in [6, 6.07) is 3.76. The Bertz CT molecular complexity index is 669. The normalized spacial score (nSPS) is 12.8. The smallest absolute Gasteiger partial charge is 0.231 e. The maximum atomic E-state index is 6.04. The van der Waals surface area contributed by atoms with Crippen molar-refractivity contribution >= 4 is 17.4 Å². The molecule has 0 radical (unpaired) electrons. The summed E-state index contributed by atoms with van der Waals surface area (Å²) in [4.78, 5) is 0. The third kappa shape index (κ3) is 2.02. The van der Waals surface area contributed by atoms with Gasteiger partial charge in [-0.1, -0.05) is 11.6 Å². The number of halogens is 1. The van der Waals surface area contributed by atoms with E-state index in [2.05, 4.69) is 5.10 Å². The molecule has 0 spiro atoms. The SMILES string of the molecule is COc1cc(Cn2nc(C)c(Cl)c2N)cc2c1OCO2. The Morgan fingerprint density at radius 2 is 2.25 bits per heavy atom. The van der Waals surface area contributed by atoms with E-state index in [1.165, 1.54) is 0 Å². The van der Waals surface area contributed by atoms with Gasteiger partial charge in [0.15, 0.2) is 11.5 Å². The highest BCUT2D eigenvalue weighted by atomic mass is 35.5. The topological polar surface area (TPSA) is 71.5 Å². The fourth-order valence-corrected chi connectivity index (χ4v) is 2.28. The molecule has 1 aliphatic rings. The second-order valence-electron chi connectivity index (χ2n) is 4.47. The molecule has 6 nitrogen and oxygen atoms in total. The first-order chi connectivity index (χ1) is 9.60. The van der Waals surface area contributed by atoms with E-state index in [0.717, 1.165) is 5.56 Å². The molecule has 1 aromatic carbocycles. The Hall–Kier alpha value is -2.08. The molecule has 0 unspecified atom stereocenters. The standard InChI is InChI=1S/C13H14ClN3O3/c1-7-11(14)13(15)17(16-7)5-8-3-9(18-2)12-10(4-8)19-6-20-12/h3-4H,5-6,15H2,1-2H3. The molecule has 0 amide bonds. The molecule has 0 fully saturated rings. The van der Waals surface area contributed by atoms with Gasteiger partial charge in [0, 0.05) is 0 Å². The van der Waals surface area contributed by atoms with Gasteiger partial charge in [0.2, 0.25) is 12.5 Å². The molecule has 106 valence electrons. The predicted octanol–water partition coefficient (Wildman–Crippen LogP) is 2.21. The fraction of sp³-hybridized carbons (Fsp3) is 0.308. The maximum Gasteiger partial charge on any atom is 0.231 e. The number of hydrogen-bond acceptors (Lipinski definition) is 5. The minimum absolute atomic E-state index is 0.198. The van der Waals surface area contributed by atoms with E-state index in [1.807, 2.05) is 19.1 Å². The maximum absolute atomic E-state index is 6.04. The molecule has 0 saturated heterocycles. The van der Waals surface area contributed by atoms with Crippen molar-refractivity contribution < 1.29 is 14.2 Å². The molecule has 20 heavy (non-hydrogen) atoms. The molecule has 7 heteroatoms. The number of aryl methyl sites for hydroxylation is 1. The zero-order chi connectivity index (χ0) is 14.3. The summed E-state index contributed by atoms with van der Waals surface area (Å²) in [7, 11) is 1.59. The molecule has 3 rings (SSSR count). The molecular weight excluding hydrogens is 282 g/mol. The van der Waals surface area contributed by atoms with Gasteiger partial charge in [0.25, 0.3) is 0 Å². The lowest BCUT2D eigenvalue weighted by molar-refractivity contribution is 0.171. The number of fused-ring (bicyclic) bond motifs is 1. The molecule has 2 N–H and O–H groups in total. The fourth-order valence-electron chi connectivity index (χ4n) is 2.15. The van der Waals surface area contributed by atoms with E-state index in [-0.39, 0.29) is 6.79 Å². The van der Waals surface area contributed by atoms with Crippen LogP contribution in [0, 0.1) is 6.92 Å². The summed E-state index contributed by atoms with van der Waals surface area (Å²) in [6.45, 7) is 2.49. The molecule has 0 bridgehead atoms. The van der Waals surface area contributed by atoms with Crippen LogP contribution >= 0.6 is 11.6 Å². The number of methoxy groups -OCH3 is 1. The van der Waals surface area contributed by atoms with Crippen LogP contribution in [-0.4, -0.2) is 23.7 Å². The Morgan fingerprint density at radius 1 is 1.45 bits per heavy atom. The third-order valence-corrected chi connectivity index (χ3v) is 3.61. The summed E-state index contributed by atoms with van der Waals surface area (Å²) in [5.74, 6) is 2.36. The first-order valence-corrected chi connectivity index (χ1v) is 6.43. The van der Waals surface area contributed by atoms with Gasteiger partial charge >= 0.3 is 0 Å². The lowest BCUT2D eigenvalue weighted by Crippen LogP contribution is -2.06. The van der Waals surface area contributed by atoms with Gasteiger partial charge in [-0.05, 0) is 24.6 Å². The van der Waals surface area contributed by atoms with Crippen molar-refractivity contribution in [2.75, 3.05) is 19.6 Å². The Labute approximate surface area is 121 Å². The Morgan fingerprint density at radius 3 is 2.90 bits per heavy atom. The number of benzene rings is 1. The minimum atomic E-state index is 0.198. The van der Waals surface area contributed by atoms with Gasteiger partial charge in [-0.15, -0.1) is 0 Å². The van der Waals surface area contributed by atoms with E-state index >= 15 is 0 Å². The molecule has 1 aliphatic heterocycles. The van der Waals surface area contributed by atoms with Crippen LogP contribution in [0.2, 0.25) is 5.02 Å². The number of rotatable bonds is 3. The highest BCUT2D eigenvalue weighted by molar-refractivity contribution is 6.33. The first kappa shape index (κ1) is 12.9. The number of hydrogen-bond donors (Lipinski definition) is 1. The average Bonchev–Trinajstić information content (AvgIpc) is 2.99. The van der Waals surface area contributed by atoms with Crippen LogP contribution in [0.3, 0.4) is 0 Å². The Kier molecular flexibility index (Phi) is 3.10. The molecule has 0 atom stereocenters. The zero-order valence-electron chi connectivity index (χ0n) is 11.1. The molecule has 0 aliphatic carbocycles. The van der Waals surface area contributed by atoms with Crippen LogP contribution in [0.1, 0.15) is 11.3 Å². The number of nitrogen functional groups attached to an aromatic ring is 1. The van der Waals surface area contributed by atoms with E-state index in [1.54, 1.807) is 11.8 Å². The predicted molar refractivity (Wildman–Crippen MR) is 74.6 cm³/mol. The number of ether oxygens (including phenoxy) is 3. The van der Waals surface area contributed by atoms with Crippen molar-refractivity contribution in [2.45, 2.75) is 13.5 Å². The van der Waals surface area contributed by atoms with Crippen molar-refractivity contribution in [3.05, 3.63) is 28.4 Å². The molecule has 0 saturated carbocycles. The lowest BCUT2D eigenvalue weighted by atomic mass is 10.2. The van der Waals surface area contributed by atoms with E-state index in [0.29, 0.717) is 40.3 Å². The van der Waals surface area contributed by atoms with Gasteiger partial charge < -0.3 is 19.9 Å². The van der Waals surface area contributed by atoms with Gasteiger partial charge in [0.1, 0.15) is 10.8 Å². The lowest BCUT2D eigenvalue weighted by Gasteiger charge is -2.09. The monoisotopic (exact) mass is 295 g/mol. The second kappa shape index (κ2) is 4.79. The number of nitrogens with zero attached hydrogens (tertiary/aromatic N) is 2. The Balaban J connectivity index is 1.97. The van der Waals surface area contributed by atoms with Crippen LogP contribution in [0.5, 0.6) is 17.2 Å². The van der Waals surface area contributed by atoms with Gasteiger partial charge in [-0.3, -0.25) is 0 Å². The third-order valence-electron chi connectivity index (χ3n) is 3.14. The second-order valence-corrected chi connectivity index (χ2v) is 4.85. The highest BCUT2D eigenvalue weighted by Gasteiger charge is 2.20. The van der Waals surface area contributed by atoms with Crippen LogP contribution in [0.25, 0.3) is 0 Å². The van der Waals surface area contributed by atoms with Crippen molar-refractivity contribution in [1.82, 2.24) is 9.78 Å². The largest absolute Gasteiger partial charge is 0.493 e. The van der Waals surface area contributed by atoms with Crippen molar-refractivity contribution in [3.8, 4) is 17.2 Å². The van der Waals surface area contributed by atoms with E-state index in [9.17, 15) is 0 Å². The van der Waals surface area contributed by atoms with Crippen molar-refractivity contribution in [1.29, 1.82) is 0 Å². The van der Waals surface area contributed by atoms with Crippen LogP contribution in [0.15, 0.2) is 12.1 Å². The zero-order valence-corrected chi connectivity index (χ0v) is 11.9. The van der Waals surface area contributed by atoms with Crippen molar-refractivity contribution in [2.24, 2.45) is 0 Å². The van der Waals surface area contributed by atoms with Crippen LogP contribution in [0.4, 0.5) is 5.82 Å². The summed E-state index contributed by atoms with van der Waals surface area (Å²) < 4.78 is 17.7. The molecule has 2 aromatic rings. The average molecular weight is 296 g/mol. The van der Waals surface area contributed by atoms with Crippen LogP contribution in [-0.2, 0) is 6.54 Å². The first-order valence-electron chi connectivity index (χ1n) is 6.05. The number of aromatic nitrogens is 2. The van der Waals surface area contributed by atoms with Gasteiger partial charge in [-0.2, -0.15) is 5.10 Å². The van der Waals surface area contributed by atoms with Crippen molar-refractivity contribution in [3.63, 3.8) is 0 Å². The summed E-state index contributed by atoms with van der Waals surface area (Å²) in [6.07, 6.45) is 0. The summed E-state index contributed by atoms with van der Waals surface area (Å²) >= 11 is 6.04. The van der Waals surface area contributed by atoms with E-state index < -0.39 is 0 Å². The summed E-state index contributed by atoms with van der Waals surface area (Å²) in [5.41, 5.74) is 7.56. The highest BCUT2D eigenvalue weighted by Crippen LogP contribution is 2.42. The quantitative estimate of drug-likeness (QED) is 0.940. The molecule has 2 heterocycles. The van der Waals surface area contributed by atoms with E-state index in [4.69, 9.17) is 31.5 Å². The van der Waals surface area contributed by atoms with Gasteiger partial charge in [-0.25, -0.2) is 4.68 Å². The van der Waals surface area contributed by atoms with Gasteiger partial charge in [0.05, 0.1) is 19.3 Å².